The molecule has 0 amide bonds. The van der Waals surface area contributed by atoms with Crippen LogP contribution in [0, 0.1) is 0 Å². The van der Waals surface area contributed by atoms with E-state index in [9.17, 15) is 0 Å². The summed E-state index contributed by atoms with van der Waals surface area (Å²) in [6, 6.07) is 0.369. The predicted molar refractivity (Wildman–Crippen MR) is 29.1 cm³/mol. The molecule has 1 aliphatic rings. The molecule has 0 aromatic carbocycles. The summed E-state index contributed by atoms with van der Waals surface area (Å²) in [5.41, 5.74) is 5.54. The van der Waals surface area contributed by atoms with Gasteiger partial charge in [0.05, 0.1) is 0 Å². The van der Waals surface area contributed by atoms with Gasteiger partial charge in [-0.05, 0) is 12.8 Å². The van der Waals surface area contributed by atoms with Gasteiger partial charge in [0.25, 0.3) is 0 Å². The lowest BCUT2D eigenvalue weighted by molar-refractivity contribution is 0.452. The van der Waals surface area contributed by atoms with Gasteiger partial charge < -0.3 is 5.73 Å². The van der Waals surface area contributed by atoms with Crippen molar-refractivity contribution in [1.82, 2.24) is 5.32 Å². The molecule has 1 rings (SSSR count). The van der Waals surface area contributed by atoms with Gasteiger partial charge in [-0.15, -0.1) is 0 Å². The molecule has 0 aromatic rings. The van der Waals surface area contributed by atoms with Crippen LogP contribution in [-0.4, -0.2) is 19.1 Å². The zero-order chi connectivity index (χ0) is 5.11. The summed E-state index contributed by atoms with van der Waals surface area (Å²) in [7, 11) is 0. The Morgan fingerprint density at radius 2 is 2.43 bits per heavy atom. The molecule has 0 aromatic heterocycles. The molecule has 2 N–H and O–H groups in total. The van der Waals surface area contributed by atoms with Crippen LogP contribution in [0.5, 0.6) is 0 Å². The molecular weight excluding hydrogens is 88.1 g/mol. The van der Waals surface area contributed by atoms with Gasteiger partial charge in [0.15, 0.2) is 0 Å². The van der Waals surface area contributed by atoms with Crippen molar-refractivity contribution in [3.63, 3.8) is 0 Å². The van der Waals surface area contributed by atoms with Gasteiger partial charge in [-0.2, -0.15) is 0 Å². The van der Waals surface area contributed by atoms with E-state index in [0.29, 0.717) is 6.04 Å². The number of hydrogen-bond donors (Lipinski definition) is 1. The van der Waals surface area contributed by atoms with Crippen molar-refractivity contribution in [1.29, 1.82) is 0 Å². The van der Waals surface area contributed by atoms with Crippen molar-refractivity contribution >= 4 is 0 Å². The summed E-state index contributed by atoms with van der Waals surface area (Å²) in [6.45, 7) is 1.92. The number of hydrogen-bond acceptors (Lipinski definition) is 1. The summed E-state index contributed by atoms with van der Waals surface area (Å²) < 4.78 is 0. The van der Waals surface area contributed by atoms with E-state index in [-0.39, 0.29) is 0 Å². The molecule has 0 saturated carbocycles. The van der Waals surface area contributed by atoms with Crippen LogP contribution in [0.2, 0.25) is 0 Å². The van der Waals surface area contributed by atoms with Crippen LogP contribution in [0.25, 0.3) is 0 Å². The Labute approximate surface area is 44.1 Å². The first kappa shape index (κ1) is 5.06. The molecule has 41 valence electrons. The number of rotatable bonds is 0. The van der Waals surface area contributed by atoms with Crippen molar-refractivity contribution in [2.75, 3.05) is 13.1 Å². The lowest BCUT2D eigenvalue weighted by Crippen LogP contribution is -2.35. The van der Waals surface area contributed by atoms with Crippen molar-refractivity contribution in [2.24, 2.45) is 5.73 Å². The molecule has 2 nitrogen and oxygen atoms in total. The average Bonchev–Trinajstić information content (AvgIpc) is 1.69. The highest BCUT2D eigenvalue weighted by atomic mass is 14.9. The minimum atomic E-state index is 0.369. The van der Waals surface area contributed by atoms with E-state index in [2.05, 4.69) is 5.32 Å². The Hall–Kier alpha value is -0.0800. The highest BCUT2D eigenvalue weighted by Crippen LogP contribution is 1.97. The SMILES string of the molecule is N[C@@H]1CCC[N]C1. The second-order valence-corrected chi connectivity index (χ2v) is 2.03. The van der Waals surface area contributed by atoms with Crippen LogP contribution in [0.3, 0.4) is 0 Å². The summed E-state index contributed by atoms with van der Waals surface area (Å²) in [5.74, 6) is 0. The number of nitrogens with zero attached hydrogens (tertiary/aromatic N) is 1. The molecule has 2 heteroatoms. The van der Waals surface area contributed by atoms with Crippen LogP contribution in [0.15, 0.2) is 0 Å². The maximum Gasteiger partial charge on any atom is 0.0285 e. The van der Waals surface area contributed by atoms with E-state index in [4.69, 9.17) is 5.73 Å². The van der Waals surface area contributed by atoms with E-state index in [0.717, 1.165) is 13.1 Å². The van der Waals surface area contributed by atoms with E-state index in [1.54, 1.807) is 0 Å². The normalized spacial score (nSPS) is 33.0. The molecule has 0 unspecified atom stereocenters. The van der Waals surface area contributed by atoms with Gasteiger partial charge in [-0.1, -0.05) is 0 Å². The molecule has 1 radical (unpaired) electrons. The highest BCUT2D eigenvalue weighted by molar-refractivity contribution is 4.69. The summed E-state index contributed by atoms with van der Waals surface area (Å²) in [5, 5.41) is 4.13. The first-order chi connectivity index (χ1) is 3.39. The molecule has 7 heavy (non-hydrogen) atoms. The molecule has 1 atom stereocenters. The molecule has 1 saturated heterocycles. The van der Waals surface area contributed by atoms with Gasteiger partial charge in [-0.25, -0.2) is 5.32 Å². The fourth-order valence-corrected chi connectivity index (χ4v) is 0.814. The second kappa shape index (κ2) is 2.28. The smallest absolute Gasteiger partial charge is 0.0285 e. The zero-order valence-corrected chi connectivity index (χ0v) is 4.43. The Morgan fingerprint density at radius 1 is 1.57 bits per heavy atom. The summed E-state index contributed by atoms with van der Waals surface area (Å²) in [4.78, 5) is 0. The molecule has 0 aliphatic carbocycles. The zero-order valence-electron chi connectivity index (χ0n) is 4.43. The van der Waals surface area contributed by atoms with Crippen LogP contribution in [0.1, 0.15) is 12.8 Å². The van der Waals surface area contributed by atoms with Crippen LogP contribution in [0.4, 0.5) is 0 Å². The van der Waals surface area contributed by atoms with Crippen molar-refractivity contribution in [2.45, 2.75) is 18.9 Å². The minimum Gasteiger partial charge on any atom is -0.326 e. The highest BCUT2D eigenvalue weighted by Gasteiger charge is 2.06. The number of nitrogens with two attached hydrogens (primary N) is 1. The topological polar surface area (TPSA) is 40.1 Å². The van der Waals surface area contributed by atoms with Crippen molar-refractivity contribution < 1.29 is 0 Å². The lowest BCUT2D eigenvalue weighted by Gasteiger charge is -2.15. The summed E-state index contributed by atoms with van der Waals surface area (Å²) in [6.07, 6.45) is 2.37. The average molecular weight is 99.2 g/mol. The Bertz CT molecular complexity index is 48.0. The van der Waals surface area contributed by atoms with Crippen LogP contribution in [-0.2, 0) is 0 Å². The first-order valence-corrected chi connectivity index (χ1v) is 2.78. The van der Waals surface area contributed by atoms with Crippen LogP contribution < -0.4 is 11.1 Å². The molecule has 1 aliphatic heterocycles. The summed E-state index contributed by atoms with van der Waals surface area (Å²) >= 11 is 0. The van der Waals surface area contributed by atoms with Gasteiger partial charge in [-0.3, -0.25) is 0 Å². The van der Waals surface area contributed by atoms with Gasteiger partial charge >= 0.3 is 0 Å². The second-order valence-electron chi connectivity index (χ2n) is 2.03. The maximum atomic E-state index is 5.54. The van der Waals surface area contributed by atoms with Gasteiger partial charge in [0.2, 0.25) is 0 Å². The maximum absolute atomic E-state index is 5.54. The molecule has 1 fully saturated rings. The fourth-order valence-electron chi connectivity index (χ4n) is 0.814. The minimum absolute atomic E-state index is 0.369. The molecule has 1 heterocycles. The Morgan fingerprint density at radius 3 is 2.71 bits per heavy atom. The predicted octanol–water partition coefficient (Wildman–Crippen LogP) is -0.288. The van der Waals surface area contributed by atoms with E-state index in [1.807, 2.05) is 0 Å². The Balaban J connectivity index is 2.12. The largest absolute Gasteiger partial charge is 0.326 e. The van der Waals surface area contributed by atoms with Crippen molar-refractivity contribution in [3.8, 4) is 0 Å². The van der Waals surface area contributed by atoms with E-state index >= 15 is 0 Å². The first-order valence-electron chi connectivity index (χ1n) is 2.78. The fraction of sp³-hybridized carbons (Fsp3) is 1.00. The third-order valence-electron chi connectivity index (χ3n) is 1.25. The quantitative estimate of drug-likeness (QED) is 0.445. The van der Waals surface area contributed by atoms with Crippen LogP contribution >= 0.6 is 0 Å². The molecule has 0 spiro atoms. The third kappa shape index (κ3) is 1.45. The van der Waals surface area contributed by atoms with E-state index in [1.165, 1.54) is 12.8 Å². The Kier molecular flexibility index (Phi) is 1.65. The number of piperidine rings is 1. The molecular formula is C5H11N2. The van der Waals surface area contributed by atoms with Gasteiger partial charge in [0, 0.05) is 19.1 Å². The molecule has 0 bridgehead atoms. The standard InChI is InChI=1S/C5H11N2/c6-5-2-1-3-7-4-5/h5H,1-4,6H2/t5-/m1/s1. The van der Waals surface area contributed by atoms with Crippen molar-refractivity contribution in [3.05, 3.63) is 0 Å². The van der Waals surface area contributed by atoms with Gasteiger partial charge in [0.1, 0.15) is 0 Å². The monoisotopic (exact) mass is 99.1 g/mol. The van der Waals surface area contributed by atoms with E-state index < -0.39 is 0 Å². The lowest BCUT2D eigenvalue weighted by atomic mass is 10.1. The third-order valence-corrected chi connectivity index (χ3v) is 1.25.